The smallest absolute Gasteiger partial charge is 0.315 e. The summed E-state index contributed by atoms with van der Waals surface area (Å²) in [6.45, 7) is 3.85. The van der Waals surface area contributed by atoms with Gasteiger partial charge in [0.2, 0.25) is 5.91 Å². The maximum Gasteiger partial charge on any atom is 0.315 e. The summed E-state index contributed by atoms with van der Waals surface area (Å²) < 4.78 is 0. The second-order valence-corrected chi connectivity index (χ2v) is 6.54. The molecule has 1 heterocycles. The van der Waals surface area contributed by atoms with Gasteiger partial charge in [0.05, 0.1) is 6.54 Å². The molecule has 0 aromatic heterocycles. The number of hydrogen-bond donors (Lipinski definition) is 2. The number of nitrogens with one attached hydrogen (secondary N) is 2. The monoisotopic (exact) mass is 332 g/mol. The van der Waals surface area contributed by atoms with Crippen molar-refractivity contribution < 1.29 is 9.59 Å². The Morgan fingerprint density at radius 3 is 2.67 bits per heavy atom. The molecule has 1 aliphatic heterocycles. The van der Waals surface area contributed by atoms with Crippen LogP contribution in [-0.2, 0) is 11.2 Å². The van der Waals surface area contributed by atoms with Crippen LogP contribution in [0.5, 0.6) is 0 Å². The summed E-state index contributed by atoms with van der Waals surface area (Å²) in [6, 6.07) is 10.2. The van der Waals surface area contributed by atoms with Crippen molar-refractivity contribution in [3.05, 3.63) is 35.9 Å². The van der Waals surface area contributed by atoms with E-state index in [1.54, 1.807) is 14.1 Å². The number of hydrogen-bond acceptors (Lipinski definition) is 3. The van der Waals surface area contributed by atoms with Crippen molar-refractivity contribution >= 4 is 11.9 Å². The molecule has 2 N–H and O–H groups in total. The Morgan fingerprint density at radius 2 is 1.96 bits per heavy atom. The predicted molar refractivity (Wildman–Crippen MR) is 94.8 cm³/mol. The molecular weight excluding hydrogens is 304 g/mol. The predicted octanol–water partition coefficient (Wildman–Crippen LogP) is 0.938. The highest BCUT2D eigenvalue weighted by atomic mass is 16.2. The highest BCUT2D eigenvalue weighted by molar-refractivity contribution is 5.83. The minimum absolute atomic E-state index is 0.0344. The minimum Gasteiger partial charge on any atom is -0.347 e. The molecule has 24 heavy (non-hydrogen) atoms. The normalized spacial score (nSPS) is 17.5. The zero-order chi connectivity index (χ0) is 17.4. The van der Waals surface area contributed by atoms with Crippen LogP contribution >= 0.6 is 0 Å². The number of rotatable bonds is 7. The van der Waals surface area contributed by atoms with Gasteiger partial charge in [0.1, 0.15) is 0 Å². The van der Waals surface area contributed by atoms with Crippen LogP contribution in [0.3, 0.4) is 0 Å². The van der Waals surface area contributed by atoms with E-state index in [1.165, 1.54) is 10.5 Å². The van der Waals surface area contributed by atoms with E-state index < -0.39 is 0 Å². The van der Waals surface area contributed by atoms with E-state index in [9.17, 15) is 9.59 Å². The largest absolute Gasteiger partial charge is 0.347 e. The zero-order valence-corrected chi connectivity index (χ0v) is 14.6. The van der Waals surface area contributed by atoms with Gasteiger partial charge < -0.3 is 20.4 Å². The van der Waals surface area contributed by atoms with E-state index in [2.05, 4.69) is 39.8 Å². The first kappa shape index (κ1) is 18.3. The second-order valence-electron chi connectivity index (χ2n) is 6.54. The molecule has 1 aromatic rings. The third kappa shape index (κ3) is 6.20. The molecule has 3 amide bonds. The SMILES string of the molecule is CN(C)C(=O)CNC(=O)NCC1CCN(CCc2ccccc2)C1. The Bertz CT molecular complexity index is 533. The molecule has 1 fully saturated rings. The summed E-state index contributed by atoms with van der Waals surface area (Å²) in [5, 5.41) is 5.46. The zero-order valence-electron chi connectivity index (χ0n) is 14.6. The Morgan fingerprint density at radius 1 is 1.21 bits per heavy atom. The molecule has 0 radical (unpaired) electrons. The van der Waals surface area contributed by atoms with Crippen LogP contribution in [-0.4, -0.2) is 68.6 Å². The van der Waals surface area contributed by atoms with Gasteiger partial charge in [-0.2, -0.15) is 0 Å². The summed E-state index contributed by atoms with van der Waals surface area (Å²) in [5.74, 6) is 0.370. The van der Waals surface area contributed by atoms with Crippen LogP contribution in [0.25, 0.3) is 0 Å². The molecule has 0 saturated carbocycles. The maximum absolute atomic E-state index is 11.7. The average molecular weight is 332 g/mol. The molecule has 132 valence electrons. The lowest BCUT2D eigenvalue weighted by Gasteiger charge is -2.16. The van der Waals surface area contributed by atoms with Crippen LogP contribution in [0.15, 0.2) is 30.3 Å². The highest BCUT2D eigenvalue weighted by Crippen LogP contribution is 2.15. The first-order chi connectivity index (χ1) is 11.5. The number of amides is 3. The van der Waals surface area contributed by atoms with Crippen molar-refractivity contribution in [1.82, 2.24) is 20.4 Å². The lowest BCUT2D eigenvalue weighted by Crippen LogP contribution is -2.43. The number of urea groups is 1. The van der Waals surface area contributed by atoms with Gasteiger partial charge >= 0.3 is 6.03 Å². The Balaban J connectivity index is 1.60. The van der Waals surface area contributed by atoms with Crippen molar-refractivity contribution in [2.24, 2.45) is 5.92 Å². The third-order valence-electron chi connectivity index (χ3n) is 4.38. The molecule has 1 aliphatic rings. The molecule has 6 heteroatoms. The van der Waals surface area contributed by atoms with Crippen molar-refractivity contribution in [2.75, 3.05) is 46.8 Å². The molecule has 0 spiro atoms. The van der Waals surface area contributed by atoms with Crippen LogP contribution in [0.4, 0.5) is 4.79 Å². The number of likely N-dealkylation sites (N-methyl/N-ethyl adjacent to an activating group) is 1. The number of benzene rings is 1. The van der Waals surface area contributed by atoms with E-state index in [-0.39, 0.29) is 18.5 Å². The first-order valence-electron chi connectivity index (χ1n) is 8.52. The fourth-order valence-corrected chi connectivity index (χ4v) is 2.83. The Hall–Kier alpha value is -2.08. The van der Waals surface area contributed by atoms with Crippen molar-refractivity contribution in [1.29, 1.82) is 0 Å². The molecular formula is C18H28N4O2. The van der Waals surface area contributed by atoms with Gasteiger partial charge in [-0.15, -0.1) is 0 Å². The third-order valence-corrected chi connectivity index (χ3v) is 4.38. The lowest BCUT2D eigenvalue weighted by molar-refractivity contribution is -0.127. The van der Waals surface area contributed by atoms with Gasteiger partial charge in [0, 0.05) is 33.7 Å². The molecule has 0 aliphatic carbocycles. The quantitative estimate of drug-likeness (QED) is 0.781. The van der Waals surface area contributed by atoms with E-state index >= 15 is 0 Å². The first-order valence-corrected chi connectivity index (χ1v) is 8.52. The van der Waals surface area contributed by atoms with E-state index in [0.29, 0.717) is 12.5 Å². The van der Waals surface area contributed by atoms with E-state index in [1.807, 2.05) is 6.07 Å². The van der Waals surface area contributed by atoms with Gasteiger partial charge in [0.15, 0.2) is 0 Å². The van der Waals surface area contributed by atoms with Crippen molar-refractivity contribution in [2.45, 2.75) is 12.8 Å². The van der Waals surface area contributed by atoms with E-state index in [0.717, 1.165) is 32.5 Å². The molecule has 1 saturated heterocycles. The van der Waals surface area contributed by atoms with Crippen LogP contribution in [0, 0.1) is 5.92 Å². The number of carbonyl (C=O) groups excluding carboxylic acids is 2. The van der Waals surface area contributed by atoms with Gasteiger partial charge in [-0.3, -0.25) is 4.79 Å². The maximum atomic E-state index is 11.7. The molecule has 2 rings (SSSR count). The molecule has 1 atom stereocenters. The molecule has 6 nitrogen and oxygen atoms in total. The summed E-state index contributed by atoms with van der Waals surface area (Å²) >= 11 is 0. The summed E-state index contributed by atoms with van der Waals surface area (Å²) in [7, 11) is 3.34. The van der Waals surface area contributed by atoms with Crippen LogP contribution in [0.2, 0.25) is 0 Å². The molecule has 0 bridgehead atoms. The van der Waals surface area contributed by atoms with Crippen molar-refractivity contribution in [3.63, 3.8) is 0 Å². The standard InChI is InChI=1S/C18H28N4O2/c1-21(2)17(23)13-20-18(24)19-12-16-9-11-22(14-16)10-8-15-6-4-3-5-7-15/h3-7,16H,8-14H2,1-2H3,(H2,19,20,24). The average Bonchev–Trinajstić information content (AvgIpc) is 3.04. The fourth-order valence-electron chi connectivity index (χ4n) is 2.83. The van der Waals surface area contributed by atoms with Crippen LogP contribution in [0.1, 0.15) is 12.0 Å². The van der Waals surface area contributed by atoms with Gasteiger partial charge in [0.25, 0.3) is 0 Å². The number of carbonyl (C=O) groups is 2. The summed E-state index contributed by atoms with van der Waals surface area (Å²) in [6.07, 6.45) is 2.17. The number of likely N-dealkylation sites (tertiary alicyclic amines) is 1. The number of nitrogens with zero attached hydrogens (tertiary/aromatic N) is 2. The fraction of sp³-hybridized carbons (Fsp3) is 0.556. The van der Waals surface area contributed by atoms with Gasteiger partial charge in [-0.25, -0.2) is 4.79 Å². The molecule has 1 unspecified atom stereocenters. The highest BCUT2D eigenvalue weighted by Gasteiger charge is 2.22. The van der Waals surface area contributed by atoms with Crippen LogP contribution < -0.4 is 10.6 Å². The molecule has 1 aromatic carbocycles. The van der Waals surface area contributed by atoms with Gasteiger partial charge in [-0.1, -0.05) is 30.3 Å². The van der Waals surface area contributed by atoms with E-state index in [4.69, 9.17) is 0 Å². The Kier molecular flexibility index (Phi) is 7.06. The minimum atomic E-state index is -0.270. The van der Waals surface area contributed by atoms with Crippen molar-refractivity contribution in [3.8, 4) is 0 Å². The summed E-state index contributed by atoms with van der Waals surface area (Å²) in [4.78, 5) is 27.0. The summed E-state index contributed by atoms with van der Waals surface area (Å²) in [5.41, 5.74) is 1.36. The lowest BCUT2D eigenvalue weighted by atomic mass is 10.1. The van der Waals surface area contributed by atoms with Gasteiger partial charge in [-0.05, 0) is 30.9 Å². The Labute approximate surface area is 144 Å². The topological polar surface area (TPSA) is 64.7 Å². The second kappa shape index (κ2) is 9.27.